The number of fused-ring (bicyclic) bond motifs is 1. The Hall–Kier alpha value is -2.17. The molecule has 1 aliphatic rings. The van der Waals surface area contributed by atoms with Crippen molar-refractivity contribution in [2.45, 2.75) is 51.3 Å². The minimum absolute atomic E-state index is 0.0348. The highest BCUT2D eigenvalue weighted by Gasteiger charge is 2.23. The van der Waals surface area contributed by atoms with Gasteiger partial charge in [-0.2, -0.15) is 0 Å². The molecule has 0 spiro atoms. The van der Waals surface area contributed by atoms with Gasteiger partial charge in [-0.3, -0.25) is 9.69 Å². The quantitative estimate of drug-likeness (QED) is 0.826. The lowest BCUT2D eigenvalue weighted by molar-refractivity contribution is 0.0714. The van der Waals surface area contributed by atoms with Crippen LogP contribution in [0.5, 0.6) is 0 Å². The second-order valence-electron chi connectivity index (χ2n) is 8.26. The standard InChI is InChI=1S/C23H30N2O2/c1-23(2,27)12-11-17-7-6-10-19(13-17)22(26)24-15-21-14-18-8-4-5-9-20(18)16-25(21)3/h4-10,13,21,27H,11-12,14-16H2,1-3H3,(H,24,26)/t21-/m1/s1. The van der Waals surface area contributed by atoms with Gasteiger partial charge in [-0.1, -0.05) is 36.4 Å². The molecule has 1 amide bonds. The molecular weight excluding hydrogens is 336 g/mol. The van der Waals surface area contributed by atoms with Gasteiger partial charge in [0.1, 0.15) is 0 Å². The summed E-state index contributed by atoms with van der Waals surface area (Å²) >= 11 is 0. The van der Waals surface area contributed by atoms with Gasteiger partial charge in [0, 0.05) is 24.7 Å². The van der Waals surface area contributed by atoms with Crippen LogP contribution in [0.1, 0.15) is 47.3 Å². The molecule has 0 radical (unpaired) electrons. The van der Waals surface area contributed by atoms with Crippen LogP contribution in [0.2, 0.25) is 0 Å². The van der Waals surface area contributed by atoms with Crippen LogP contribution >= 0.6 is 0 Å². The SMILES string of the molecule is CN1Cc2ccccc2C[C@@H]1CNC(=O)c1cccc(CCC(C)(C)O)c1. The summed E-state index contributed by atoms with van der Waals surface area (Å²) in [7, 11) is 2.12. The molecule has 1 heterocycles. The van der Waals surface area contributed by atoms with E-state index in [4.69, 9.17) is 0 Å². The van der Waals surface area contributed by atoms with Crippen molar-refractivity contribution in [3.8, 4) is 0 Å². The van der Waals surface area contributed by atoms with Crippen LogP contribution in [0.4, 0.5) is 0 Å². The Morgan fingerprint density at radius 1 is 1.19 bits per heavy atom. The number of amides is 1. The number of carbonyl (C=O) groups is 1. The first-order chi connectivity index (χ1) is 12.8. The lowest BCUT2D eigenvalue weighted by atomic mass is 9.94. The van der Waals surface area contributed by atoms with Crippen LogP contribution in [-0.2, 0) is 19.4 Å². The van der Waals surface area contributed by atoms with E-state index in [0.29, 0.717) is 24.6 Å². The van der Waals surface area contributed by atoms with Crippen LogP contribution in [0.3, 0.4) is 0 Å². The lowest BCUT2D eigenvalue weighted by Crippen LogP contribution is -2.45. The molecule has 1 atom stereocenters. The minimum atomic E-state index is -0.694. The largest absolute Gasteiger partial charge is 0.390 e. The van der Waals surface area contributed by atoms with E-state index in [1.807, 2.05) is 38.1 Å². The van der Waals surface area contributed by atoms with Crippen molar-refractivity contribution in [3.63, 3.8) is 0 Å². The molecule has 2 aromatic carbocycles. The molecule has 0 aromatic heterocycles. The van der Waals surface area contributed by atoms with E-state index >= 15 is 0 Å². The maximum Gasteiger partial charge on any atom is 0.251 e. The van der Waals surface area contributed by atoms with E-state index in [9.17, 15) is 9.90 Å². The van der Waals surface area contributed by atoms with Crippen LogP contribution in [0, 0.1) is 0 Å². The van der Waals surface area contributed by atoms with Crippen molar-refractivity contribution >= 4 is 5.91 Å². The predicted octanol–water partition coefficient (Wildman–Crippen LogP) is 3.18. The molecule has 0 unspecified atom stereocenters. The first-order valence-electron chi connectivity index (χ1n) is 9.68. The van der Waals surface area contributed by atoms with E-state index in [1.165, 1.54) is 11.1 Å². The summed E-state index contributed by atoms with van der Waals surface area (Å²) in [6, 6.07) is 16.5. The van der Waals surface area contributed by atoms with Crippen LogP contribution in [0.15, 0.2) is 48.5 Å². The monoisotopic (exact) mass is 366 g/mol. The number of hydrogen-bond acceptors (Lipinski definition) is 3. The Balaban J connectivity index is 1.58. The van der Waals surface area contributed by atoms with Crippen molar-refractivity contribution in [2.75, 3.05) is 13.6 Å². The van der Waals surface area contributed by atoms with Gasteiger partial charge >= 0.3 is 0 Å². The van der Waals surface area contributed by atoms with Gasteiger partial charge < -0.3 is 10.4 Å². The number of aryl methyl sites for hydroxylation is 1. The van der Waals surface area contributed by atoms with E-state index in [-0.39, 0.29) is 5.91 Å². The normalized spacial score (nSPS) is 17.4. The van der Waals surface area contributed by atoms with Gasteiger partial charge in [-0.15, -0.1) is 0 Å². The highest BCUT2D eigenvalue weighted by Crippen LogP contribution is 2.21. The molecule has 2 N–H and O–H groups in total. The number of hydrogen-bond donors (Lipinski definition) is 2. The van der Waals surface area contributed by atoms with Gasteiger partial charge in [0.15, 0.2) is 0 Å². The minimum Gasteiger partial charge on any atom is -0.390 e. The first-order valence-corrected chi connectivity index (χ1v) is 9.68. The van der Waals surface area contributed by atoms with Crippen molar-refractivity contribution in [1.82, 2.24) is 10.2 Å². The molecule has 0 fully saturated rings. The third-order valence-electron chi connectivity index (χ3n) is 5.33. The summed E-state index contributed by atoms with van der Waals surface area (Å²) in [5.74, 6) is -0.0348. The highest BCUT2D eigenvalue weighted by molar-refractivity contribution is 5.94. The number of benzene rings is 2. The Labute approximate surface area is 162 Å². The Bertz CT molecular complexity index is 795. The molecule has 4 nitrogen and oxygen atoms in total. The van der Waals surface area contributed by atoms with Crippen LogP contribution in [0.25, 0.3) is 0 Å². The Kier molecular flexibility index (Phi) is 5.98. The summed E-state index contributed by atoms with van der Waals surface area (Å²) in [5.41, 5.74) is 3.82. The first kappa shape index (κ1) is 19.6. The van der Waals surface area contributed by atoms with E-state index in [0.717, 1.165) is 24.9 Å². The van der Waals surface area contributed by atoms with Gasteiger partial charge in [0.25, 0.3) is 5.91 Å². The fraction of sp³-hybridized carbons (Fsp3) is 0.435. The smallest absolute Gasteiger partial charge is 0.251 e. The summed E-state index contributed by atoms with van der Waals surface area (Å²) in [6.07, 6.45) is 2.38. The molecule has 0 saturated heterocycles. The molecule has 27 heavy (non-hydrogen) atoms. The second kappa shape index (κ2) is 8.24. The van der Waals surface area contributed by atoms with Crippen molar-refractivity contribution in [1.29, 1.82) is 0 Å². The predicted molar refractivity (Wildman–Crippen MR) is 109 cm³/mol. The lowest BCUT2D eigenvalue weighted by Gasteiger charge is -2.34. The molecule has 1 aliphatic heterocycles. The maximum atomic E-state index is 12.6. The number of aliphatic hydroxyl groups is 1. The maximum absolute atomic E-state index is 12.6. The number of nitrogens with zero attached hydrogens (tertiary/aromatic N) is 1. The Morgan fingerprint density at radius 2 is 1.93 bits per heavy atom. The Morgan fingerprint density at radius 3 is 2.67 bits per heavy atom. The fourth-order valence-electron chi connectivity index (χ4n) is 3.58. The third-order valence-corrected chi connectivity index (χ3v) is 5.33. The van der Waals surface area contributed by atoms with Gasteiger partial charge in [-0.05, 0) is 69.0 Å². The summed E-state index contributed by atoms with van der Waals surface area (Å²) in [4.78, 5) is 14.9. The van der Waals surface area contributed by atoms with Crippen molar-refractivity contribution < 1.29 is 9.90 Å². The third kappa shape index (κ3) is 5.41. The molecule has 2 aromatic rings. The van der Waals surface area contributed by atoms with Crippen LogP contribution in [-0.4, -0.2) is 41.1 Å². The summed E-state index contributed by atoms with van der Waals surface area (Å²) < 4.78 is 0. The molecule has 3 rings (SSSR count). The fourth-order valence-corrected chi connectivity index (χ4v) is 3.58. The van der Waals surface area contributed by atoms with Crippen LogP contribution < -0.4 is 5.32 Å². The molecule has 4 heteroatoms. The van der Waals surface area contributed by atoms with E-state index in [2.05, 4.69) is 41.5 Å². The van der Waals surface area contributed by atoms with E-state index < -0.39 is 5.60 Å². The number of rotatable bonds is 6. The average Bonchev–Trinajstić information content (AvgIpc) is 2.64. The molecule has 0 saturated carbocycles. The summed E-state index contributed by atoms with van der Waals surface area (Å²) in [6.45, 7) is 5.17. The zero-order chi connectivity index (χ0) is 19.4. The number of likely N-dealkylation sites (N-methyl/N-ethyl adjacent to an activating group) is 1. The summed E-state index contributed by atoms with van der Waals surface area (Å²) in [5, 5.41) is 13.0. The number of nitrogens with one attached hydrogen (secondary N) is 1. The molecular formula is C23H30N2O2. The van der Waals surface area contributed by atoms with Gasteiger partial charge in [0.2, 0.25) is 0 Å². The topological polar surface area (TPSA) is 52.6 Å². The second-order valence-corrected chi connectivity index (χ2v) is 8.26. The molecule has 144 valence electrons. The van der Waals surface area contributed by atoms with Crippen molar-refractivity contribution in [3.05, 3.63) is 70.8 Å². The molecule has 0 aliphatic carbocycles. The zero-order valence-electron chi connectivity index (χ0n) is 16.5. The highest BCUT2D eigenvalue weighted by atomic mass is 16.3. The van der Waals surface area contributed by atoms with E-state index in [1.54, 1.807) is 0 Å². The number of carbonyl (C=O) groups excluding carboxylic acids is 1. The molecule has 0 bridgehead atoms. The van der Waals surface area contributed by atoms with Crippen molar-refractivity contribution in [2.24, 2.45) is 0 Å². The average molecular weight is 367 g/mol. The van der Waals surface area contributed by atoms with Gasteiger partial charge in [-0.25, -0.2) is 0 Å². The van der Waals surface area contributed by atoms with Gasteiger partial charge in [0.05, 0.1) is 5.60 Å². The zero-order valence-corrected chi connectivity index (χ0v) is 16.5.